The lowest BCUT2D eigenvalue weighted by Gasteiger charge is -2.44. The van der Waals surface area contributed by atoms with Crippen LogP contribution in [0.15, 0.2) is 11.8 Å². The highest BCUT2D eigenvalue weighted by Gasteiger charge is 2.45. The molecule has 0 aliphatic carbocycles. The Hall–Kier alpha value is -0.680. The number of hydrogen-bond donors (Lipinski definition) is 1. The fraction of sp³-hybridized carbons (Fsp3) is 0.500. The Morgan fingerprint density at radius 1 is 1.79 bits per heavy atom. The van der Waals surface area contributed by atoms with Gasteiger partial charge in [-0.3, -0.25) is 9.69 Å². The molecule has 2 aliphatic rings. The van der Waals surface area contributed by atoms with Crippen LogP contribution in [0.2, 0.25) is 0 Å². The van der Waals surface area contributed by atoms with Crippen molar-refractivity contribution in [1.29, 1.82) is 0 Å². The number of alkyl halides is 1. The molecular formula is C8H8ClNO3S. The molecule has 1 N–H and O–H groups in total. The number of carbonyl (C=O) groups is 2. The first-order valence-corrected chi connectivity index (χ1v) is 5.60. The van der Waals surface area contributed by atoms with Crippen LogP contribution in [0.3, 0.4) is 0 Å². The van der Waals surface area contributed by atoms with Crippen molar-refractivity contribution in [3.05, 3.63) is 11.8 Å². The second kappa shape index (κ2) is 3.47. The Kier molecular flexibility index (Phi) is 2.45. The molecule has 4 nitrogen and oxygen atoms in total. The number of fused-ring (bicyclic) bond motifs is 1. The van der Waals surface area contributed by atoms with E-state index < -0.39 is 5.97 Å². The predicted molar refractivity (Wildman–Crippen MR) is 53.1 cm³/mol. The van der Waals surface area contributed by atoms with Crippen LogP contribution in [0, 0.1) is 0 Å². The molecule has 2 heterocycles. The summed E-state index contributed by atoms with van der Waals surface area (Å²) in [6.07, 6.45) is 1.97. The third-order valence-corrected chi connectivity index (χ3v) is 4.07. The van der Waals surface area contributed by atoms with E-state index in [0.717, 1.165) is 0 Å². The van der Waals surface area contributed by atoms with Crippen LogP contribution in [0.4, 0.5) is 0 Å². The minimum Gasteiger partial charge on any atom is -0.477 e. The van der Waals surface area contributed by atoms with Gasteiger partial charge in [-0.15, -0.1) is 23.4 Å². The van der Waals surface area contributed by atoms with Crippen LogP contribution in [-0.4, -0.2) is 38.4 Å². The monoisotopic (exact) mass is 233 g/mol. The van der Waals surface area contributed by atoms with Crippen molar-refractivity contribution >= 4 is 35.2 Å². The quantitative estimate of drug-likeness (QED) is 0.568. The molecule has 0 aromatic heterocycles. The second-order valence-electron chi connectivity index (χ2n) is 3.11. The number of rotatable bonds is 2. The largest absolute Gasteiger partial charge is 0.477 e. The number of aliphatic carboxylic acids is 1. The first kappa shape index (κ1) is 9.86. The van der Waals surface area contributed by atoms with Gasteiger partial charge in [0.25, 0.3) is 0 Å². The molecular weight excluding hydrogens is 226 g/mol. The summed E-state index contributed by atoms with van der Waals surface area (Å²) >= 11 is 7.20. The van der Waals surface area contributed by atoms with E-state index in [9.17, 15) is 9.59 Å². The molecule has 1 unspecified atom stereocenters. The Morgan fingerprint density at radius 2 is 2.50 bits per heavy atom. The molecule has 76 valence electrons. The summed E-state index contributed by atoms with van der Waals surface area (Å²) in [5.41, 5.74) is 0.0793. The van der Waals surface area contributed by atoms with Gasteiger partial charge in [-0.05, 0) is 6.08 Å². The highest BCUT2D eigenvalue weighted by Crippen LogP contribution is 2.40. The lowest BCUT2D eigenvalue weighted by atomic mass is 10.1. The number of β-lactam (4-membered cyclic amide) rings is 1. The maximum Gasteiger partial charge on any atom is 0.352 e. The maximum atomic E-state index is 11.2. The zero-order chi connectivity index (χ0) is 10.3. The van der Waals surface area contributed by atoms with E-state index in [-0.39, 0.29) is 22.2 Å². The van der Waals surface area contributed by atoms with E-state index >= 15 is 0 Å². The minimum absolute atomic E-state index is 0.00267. The van der Waals surface area contributed by atoms with Gasteiger partial charge in [0, 0.05) is 11.1 Å². The van der Waals surface area contributed by atoms with E-state index in [2.05, 4.69) is 0 Å². The number of carbonyl (C=O) groups excluding carboxylic acids is 1. The fourth-order valence-corrected chi connectivity index (χ4v) is 3.12. The van der Waals surface area contributed by atoms with Crippen molar-refractivity contribution in [1.82, 2.24) is 4.90 Å². The molecule has 1 saturated heterocycles. The molecule has 2 atom stereocenters. The smallest absolute Gasteiger partial charge is 0.352 e. The summed E-state index contributed by atoms with van der Waals surface area (Å²) in [4.78, 5) is 23.3. The van der Waals surface area contributed by atoms with Crippen molar-refractivity contribution in [2.45, 2.75) is 17.0 Å². The Balaban J connectivity index is 2.27. The topological polar surface area (TPSA) is 57.6 Å². The summed E-state index contributed by atoms with van der Waals surface area (Å²) < 4.78 is 0. The summed E-state index contributed by atoms with van der Waals surface area (Å²) in [6.45, 7) is 0. The van der Waals surface area contributed by atoms with Gasteiger partial charge >= 0.3 is 5.97 Å². The van der Waals surface area contributed by atoms with Crippen molar-refractivity contribution in [2.75, 3.05) is 5.88 Å². The fourth-order valence-electron chi connectivity index (χ4n) is 1.54. The van der Waals surface area contributed by atoms with E-state index in [1.54, 1.807) is 6.08 Å². The number of nitrogens with zero attached hydrogens (tertiary/aromatic N) is 1. The van der Waals surface area contributed by atoms with Crippen LogP contribution >= 0.6 is 23.4 Å². The summed E-state index contributed by atoms with van der Waals surface area (Å²) in [5, 5.41) is 8.85. The van der Waals surface area contributed by atoms with Crippen molar-refractivity contribution in [3.8, 4) is 0 Å². The predicted octanol–water partition coefficient (Wildman–Crippen LogP) is 0.867. The Labute approximate surface area is 89.9 Å². The lowest BCUT2D eigenvalue weighted by Crippen LogP contribution is -2.54. The molecule has 0 saturated carbocycles. The molecule has 0 radical (unpaired) electrons. The van der Waals surface area contributed by atoms with Gasteiger partial charge in [0.2, 0.25) is 5.91 Å². The molecule has 14 heavy (non-hydrogen) atoms. The standard InChI is InChI=1S/C8H8ClNO3S/c9-3-4-1-5(8(12)13)10-6(11)2-7(10)14-4/h1,4,7H,2-3H2,(H,12,13)/t4?,7-/m1/s1. The lowest BCUT2D eigenvalue weighted by molar-refractivity contribution is -0.146. The molecule has 6 heteroatoms. The summed E-state index contributed by atoms with van der Waals surface area (Å²) in [5.74, 6) is -0.803. The van der Waals surface area contributed by atoms with Crippen LogP contribution in [0.25, 0.3) is 0 Å². The number of hydrogen-bond acceptors (Lipinski definition) is 3. The maximum absolute atomic E-state index is 11.2. The average Bonchev–Trinajstić information content (AvgIpc) is 2.14. The first-order chi connectivity index (χ1) is 6.63. The van der Waals surface area contributed by atoms with Gasteiger partial charge in [-0.1, -0.05) is 0 Å². The highest BCUT2D eigenvalue weighted by molar-refractivity contribution is 8.00. The number of thioether (sulfide) groups is 1. The Morgan fingerprint density at radius 3 is 3.00 bits per heavy atom. The van der Waals surface area contributed by atoms with Crippen LogP contribution in [0.1, 0.15) is 6.42 Å². The van der Waals surface area contributed by atoms with Gasteiger partial charge in [0.05, 0.1) is 11.8 Å². The molecule has 0 aromatic rings. The average molecular weight is 234 g/mol. The van der Waals surface area contributed by atoms with Gasteiger partial charge in [0.15, 0.2) is 0 Å². The summed E-state index contributed by atoms with van der Waals surface area (Å²) in [6, 6.07) is 0. The molecule has 1 fully saturated rings. The zero-order valence-electron chi connectivity index (χ0n) is 7.14. The normalized spacial score (nSPS) is 30.5. The van der Waals surface area contributed by atoms with E-state index in [0.29, 0.717) is 12.3 Å². The zero-order valence-corrected chi connectivity index (χ0v) is 8.72. The highest BCUT2D eigenvalue weighted by atomic mass is 35.5. The van der Waals surface area contributed by atoms with Gasteiger partial charge in [-0.2, -0.15) is 0 Å². The van der Waals surface area contributed by atoms with Crippen LogP contribution < -0.4 is 0 Å². The second-order valence-corrected chi connectivity index (χ2v) is 4.84. The number of carboxylic acid groups (broad SMARTS) is 1. The molecule has 2 rings (SSSR count). The van der Waals surface area contributed by atoms with Gasteiger partial charge in [0.1, 0.15) is 5.70 Å². The van der Waals surface area contributed by atoms with Crippen LogP contribution in [-0.2, 0) is 9.59 Å². The van der Waals surface area contributed by atoms with Gasteiger partial charge in [-0.25, -0.2) is 4.79 Å². The third kappa shape index (κ3) is 1.40. The van der Waals surface area contributed by atoms with E-state index in [1.807, 2.05) is 0 Å². The van der Waals surface area contributed by atoms with Crippen molar-refractivity contribution in [2.24, 2.45) is 0 Å². The first-order valence-electron chi connectivity index (χ1n) is 4.12. The number of halogens is 1. The van der Waals surface area contributed by atoms with Crippen molar-refractivity contribution in [3.63, 3.8) is 0 Å². The molecule has 0 spiro atoms. The van der Waals surface area contributed by atoms with E-state index in [1.165, 1.54) is 16.7 Å². The number of amides is 1. The van der Waals surface area contributed by atoms with E-state index in [4.69, 9.17) is 16.7 Å². The van der Waals surface area contributed by atoms with Crippen molar-refractivity contribution < 1.29 is 14.7 Å². The Bertz CT molecular complexity index is 331. The third-order valence-electron chi connectivity index (χ3n) is 2.21. The molecule has 0 bridgehead atoms. The molecule has 0 aromatic carbocycles. The summed E-state index contributed by atoms with van der Waals surface area (Å²) in [7, 11) is 0. The SMILES string of the molecule is O=C(O)C1=CC(CCl)S[C@@H]2CC(=O)N12. The van der Waals surface area contributed by atoms with Gasteiger partial charge < -0.3 is 5.11 Å². The molecule has 1 amide bonds. The van der Waals surface area contributed by atoms with Crippen LogP contribution in [0.5, 0.6) is 0 Å². The minimum atomic E-state index is -1.06. The number of carboxylic acids is 1. The molecule has 2 aliphatic heterocycles.